The molecule has 0 saturated heterocycles. The molecule has 2 aromatic rings. The average molecular weight is 261 g/mol. The number of halogens is 1. The molecule has 0 aliphatic rings. The van der Waals surface area contributed by atoms with Crippen molar-refractivity contribution < 1.29 is 4.39 Å². The number of nitrogens with zero attached hydrogens (tertiary/aromatic N) is 3. The fraction of sp³-hybridized carbons (Fsp3) is 0.467. The van der Waals surface area contributed by atoms with Gasteiger partial charge in [0.25, 0.3) is 0 Å². The van der Waals surface area contributed by atoms with E-state index in [1.54, 1.807) is 10.7 Å². The molecule has 0 fully saturated rings. The van der Waals surface area contributed by atoms with Gasteiger partial charge in [0.05, 0.1) is 5.69 Å². The maximum Gasteiger partial charge on any atom is 0.126 e. The Hall–Kier alpha value is -1.71. The molecule has 1 aromatic carbocycles. The summed E-state index contributed by atoms with van der Waals surface area (Å²) in [5.41, 5.74) is 2.65. The van der Waals surface area contributed by atoms with E-state index in [1.165, 1.54) is 0 Å². The molecule has 0 spiro atoms. The summed E-state index contributed by atoms with van der Waals surface area (Å²) in [4.78, 5) is 0. The minimum Gasteiger partial charge on any atom is -0.253 e. The first kappa shape index (κ1) is 13.7. The highest BCUT2D eigenvalue weighted by atomic mass is 19.1. The predicted octanol–water partition coefficient (Wildman–Crippen LogP) is 3.48. The summed E-state index contributed by atoms with van der Waals surface area (Å²) in [6.07, 6.45) is 3.56. The molecule has 19 heavy (non-hydrogen) atoms. The largest absolute Gasteiger partial charge is 0.253 e. The standard InChI is InChI=1S/C15H20FN3/c1-4-12(9-13-10-19(5-2)18-17-13)14-7-6-11(3)8-15(14)16/h6-8,10,12H,4-5,9H2,1-3H3. The zero-order chi connectivity index (χ0) is 13.8. The molecule has 102 valence electrons. The van der Waals surface area contributed by atoms with Gasteiger partial charge in [-0.3, -0.25) is 4.68 Å². The summed E-state index contributed by atoms with van der Waals surface area (Å²) in [7, 11) is 0. The van der Waals surface area contributed by atoms with E-state index in [-0.39, 0.29) is 11.7 Å². The lowest BCUT2D eigenvalue weighted by Gasteiger charge is -2.15. The summed E-state index contributed by atoms with van der Waals surface area (Å²) in [6, 6.07) is 5.45. The van der Waals surface area contributed by atoms with Gasteiger partial charge in [-0.2, -0.15) is 0 Å². The first-order valence-electron chi connectivity index (χ1n) is 6.79. The Bertz CT molecular complexity index is 548. The summed E-state index contributed by atoms with van der Waals surface area (Å²) >= 11 is 0. The minimum atomic E-state index is -0.116. The third-order valence-electron chi connectivity index (χ3n) is 3.45. The molecular weight excluding hydrogens is 241 g/mol. The topological polar surface area (TPSA) is 30.7 Å². The predicted molar refractivity (Wildman–Crippen MR) is 73.6 cm³/mol. The first-order valence-corrected chi connectivity index (χ1v) is 6.79. The second-order valence-corrected chi connectivity index (χ2v) is 4.90. The number of rotatable bonds is 5. The van der Waals surface area contributed by atoms with Crippen molar-refractivity contribution in [2.75, 3.05) is 0 Å². The zero-order valence-corrected chi connectivity index (χ0v) is 11.7. The van der Waals surface area contributed by atoms with Gasteiger partial charge in [-0.05, 0) is 43.4 Å². The van der Waals surface area contributed by atoms with E-state index in [9.17, 15) is 4.39 Å². The highest BCUT2D eigenvalue weighted by Crippen LogP contribution is 2.26. The number of benzene rings is 1. The molecule has 0 aliphatic heterocycles. The van der Waals surface area contributed by atoms with Gasteiger partial charge in [-0.25, -0.2) is 4.39 Å². The first-order chi connectivity index (χ1) is 9.13. The van der Waals surface area contributed by atoms with Crippen LogP contribution < -0.4 is 0 Å². The van der Waals surface area contributed by atoms with Crippen LogP contribution in [-0.4, -0.2) is 15.0 Å². The molecule has 3 nitrogen and oxygen atoms in total. The van der Waals surface area contributed by atoms with Crippen molar-refractivity contribution in [3.05, 3.63) is 47.0 Å². The minimum absolute atomic E-state index is 0.116. The molecule has 1 unspecified atom stereocenters. The van der Waals surface area contributed by atoms with Crippen molar-refractivity contribution in [1.29, 1.82) is 0 Å². The van der Waals surface area contributed by atoms with Gasteiger partial charge in [0.2, 0.25) is 0 Å². The lowest BCUT2D eigenvalue weighted by molar-refractivity contribution is 0.560. The monoisotopic (exact) mass is 261 g/mol. The Labute approximate surface area is 113 Å². The van der Waals surface area contributed by atoms with Crippen LogP contribution in [0.15, 0.2) is 24.4 Å². The lowest BCUT2D eigenvalue weighted by atomic mass is 9.91. The number of aromatic nitrogens is 3. The van der Waals surface area contributed by atoms with Crippen LogP contribution in [0.1, 0.15) is 43.0 Å². The van der Waals surface area contributed by atoms with Crippen LogP contribution in [0.4, 0.5) is 4.39 Å². The molecule has 0 aliphatic carbocycles. The highest BCUT2D eigenvalue weighted by molar-refractivity contribution is 5.27. The Kier molecular flexibility index (Phi) is 4.30. The van der Waals surface area contributed by atoms with Crippen LogP contribution in [0.25, 0.3) is 0 Å². The SMILES string of the molecule is CCC(Cc1cn(CC)nn1)c1ccc(C)cc1F. The molecule has 1 heterocycles. The molecule has 0 radical (unpaired) electrons. The third-order valence-corrected chi connectivity index (χ3v) is 3.45. The highest BCUT2D eigenvalue weighted by Gasteiger charge is 2.16. The molecule has 0 amide bonds. The van der Waals surface area contributed by atoms with Gasteiger partial charge in [0.1, 0.15) is 5.82 Å². The van der Waals surface area contributed by atoms with Gasteiger partial charge < -0.3 is 0 Å². The van der Waals surface area contributed by atoms with Crippen LogP contribution >= 0.6 is 0 Å². The van der Waals surface area contributed by atoms with E-state index in [4.69, 9.17) is 0 Å². The van der Waals surface area contributed by atoms with Crippen LogP contribution in [0, 0.1) is 12.7 Å². The number of hydrogen-bond acceptors (Lipinski definition) is 2. The van der Waals surface area contributed by atoms with E-state index >= 15 is 0 Å². The maximum atomic E-state index is 14.0. The van der Waals surface area contributed by atoms with Crippen molar-refractivity contribution in [2.24, 2.45) is 0 Å². The van der Waals surface area contributed by atoms with Gasteiger partial charge in [-0.15, -0.1) is 5.10 Å². The second-order valence-electron chi connectivity index (χ2n) is 4.90. The number of hydrogen-bond donors (Lipinski definition) is 0. The molecular formula is C15H20FN3. The molecule has 1 aromatic heterocycles. The summed E-state index contributed by atoms with van der Waals surface area (Å²) < 4.78 is 15.8. The van der Waals surface area contributed by atoms with Crippen molar-refractivity contribution >= 4 is 0 Å². The van der Waals surface area contributed by atoms with Crippen molar-refractivity contribution in [1.82, 2.24) is 15.0 Å². The quantitative estimate of drug-likeness (QED) is 0.825. The lowest BCUT2D eigenvalue weighted by Crippen LogP contribution is -2.05. The Morgan fingerprint density at radius 2 is 2.11 bits per heavy atom. The third kappa shape index (κ3) is 3.19. The molecule has 0 N–H and O–H groups in total. The van der Waals surface area contributed by atoms with Crippen LogP contribution in [0.2, 0.25) is 0 Å². The Morgan fingerprint density at radius 3 is 2.68 bits per heavy atom. The van der Waals surface area contributed by atoms with E-state index in [0.717, 1.165) is 36.2 Å². The van der Waals surface area contributed by atoms with Gasteiger partial charge in [0, 0.05) is 19.2 Å². The Morgan fingerprint density at radius 1 is 1.32 bits per heavy atom. The van der Waals surface area contributed by atoms with E-state index in [0.29, 0.717) is 0 Å². The van der Waals surface area contributed by atoms with Gasteiger partial charge >= 0.3 is 0 Å². The second kappa shape index (κ2) is 5.95. The van der Waals surface area contributed by atoms with Crippen LogP contribution in [-0.2, 0) is 13.0 Å². The smallest absolute Gasteiger partial charge is 0.126 e. The normalized spacial score (nSPS) is 12.6. The molecule has 2 rings (SSSR count). The number of aryl methyl sites for hydroxylation is 2. The molecule has 0 bridgehead atoms. The van der Waals surface area contributed by atoms with E-state index in [2.05, 4.69) is 17.2 Å². The average Bonchev–Trinajstić information content (AvgIpc) is 2.84. The van der Waals surface area contributed by atoms with E-state index < -0.39 is 0 Å². The van der Waals surface area contributed by atoms with Crippen molar-refractivity contribution in [3.63, 3.8) is 0 Å². The van der Waals surface area contributed by atoms with Crippen LogP contribution in [0.3, 0.4) is 0 Å². The summed E-state index contributed by atoms with van der Waals surface area (Å²) in [5, 5.41) is 8.16. The van der Waals surface area contributed by atoms with Crippen molar-refractivity contribution in [2.45, 2.75) is 46.1 Å². The fourth-order valence-electron chi connectivity index (χ4n) is 2.28. The molecule has 4 heteroatoms. The zero-order valence-electron chi connectivity index (χ0n) is 11.7. The van der Waals surface area contributed by atoms with Crippen LogP contribution in [0.5, 0.6) is 0 Å². The van der Waals surface area contributed by atoms with Gasteiger partial charge in [-0.1, -0.05) is 24.3 Å². The summed E-state index contributed by atoms with van der Waals surface area (Å²) in [5.74, 6) is 0.0392. The van der Waals surface area contributed by atoms with Gasteiger partial charge in [0.15, 0.2) is 0 Å². The maximum absolute atomic E-state index is 14.0. The molecule has 1 atom stereocenters. The van der Waals surface area contributed by atoms with E-state index in [1.807, 2.05) is 32.2 Å². The fourth-order valence-corrected chi connectivity index (χ4v) is 2.28. The van der Waals surface area contributed by atoms with Crippen molar-refractivity contribution in [3.8, 4) is 0 Å². The molecule has 0 saturated carbocycles. The summed E-state index contributed by atoms with van der Waals surface area (Å²) in [6.45, 7) is 6.81. The Balaban J connectivity index is 2.19.